The lowest BCUT2D eigenvalue weighted by molar-refractivity contribution is -0.135. The summed E-state index contributed by atoms with van der Waals surface area (Å²) >= 11 is 0. The Kier molecular flexibility index (Phi) is 5.17. The molecule has 1 amide bonds. The van der Waals surface area contributed by atoms with Crippen LogP contribution in [0.1, 0.15) is 57.8 Å². The first-order chi connectivity index (χ1) is 10.3. The molecule has 0 radical (unpaired) electrons. The first-order valence-electron chi connectivity index (χ1n) is 8.95. The number of aliphatic hydroxyl groups is 1. The van der Waals surface area contributed by atoms with E-state index in [-0.39, 0.29) is 6.10 Å². The predicted octanol–water partition coefficient (Wildman–Crippen LogP) is 2.01. The van der Waals surface area contributed by atoms with Crippen LogP contribution in [0.5, 0.6) is 0 Å². The summed E-state index contributed by atoms with van der Waals surface area (Å²) in [6, 6.07) is 0.435. The highest BCUT2D eigenvalue weighted by Gasteiger charge is 2.37. The fraction of sp³-hybridized carbons (Fsp3) is 0.941. The zero-order valence-electron chi connectivity index (χ0n) is 13.2. The minimum Gasteiger partial charge on any atom is -0.393 e. The summed E-state index contributed by atoms with van der Waals surface area (Å²) in [6.45, 7) is 3.51. The van der Waals surface area contributed by atoms with E-state index in [4.69, 9.17) is 0 Å². The third kappa shape index (κ3) is 3.59. The highest BCUT2D eigenvalue weighted by Crippen LogP contribution is 2.35. The third-order valence-electron chi connectivity index (χ3n) is 5.74. The lowest BCUT2D eigenvalue weighted by Gasteiger charge is -2.41. The van der Waals surface area contributed by atoms with Gasteiger partial charge in [0.15, 0.2) is 0 Å². The molecule has 0 aromatic rings. The molecule has 3 aliphatic rings. The molecule has 4 nitrogen and oxygen atoms in total. The maximum absolute atomic E-state index is 12.5. The number of hydrogen-bond donors (Lipinski definition) is 1. The van der Waals surface area contributed by atoms with Gasteiger partial charge < -0.3 is 10.0 Å². The van der Waals surface area contributed by atoms with E-state index in [1.165, 1.54) is 19.3 Å². The summed E-state index contributed by atoms with van der Waals surface area (Å²) in [6.07, 6.45) is 10.3. The lowest BCUT2D eigenvalue weighted by atomic mass is 9.87. The Bertz CT molecular complexity index is 355. The van der Waals surface area contributed by atoms with Gasteiger partial charge in [0.1, 0.15) is 0 Å². The Morgan fingerprint density at radius 3 is 2.38 bits per heavy atom. The number of rotatable bonds is 3. The molecule has 3 fully saturated rings. The second-order valence-electron chi connectivity index (χ2n) is 7.14. The molecule has 1 N–H and O–H groups in total. The highest BCUT2D eigenvalue weighted by molar-refractivity contribution is 5.78. The Morgan fingerprint density at radius 1 is 0.905 bits per heavy atom. The van der Waals surface area contributed by atoms with E-state index in [2.05, 4.69) is 9.80 Å². The van der Waals surface area contributed by atoms with E-state index in [1.54, 1.807) is 0 Å². The van der Waals surface area contributed by atoms with Gasteiger partial charge in [-0.05, 0) is 51.5 Å². The number of aliphatic hydroxyl groups excluding tert-OH is 1. The summed E-state index contributed by atoms with van der Waals surface area (Å²) in [5.74, 6) is 0.716. The lowest BCUT2D eigenvalue weighted by Crippen LogP contribution is -2.51. The van der Waals surface area contributed by atoms with Gasteiger partial charge in [-0.15, -0.1) is 0 Å². The number of carbonyl (C=O) groups excluding carboxylic acids is 1. The van der Waals surface area contributed by atoms with Gasteiger partial charge in [-0.2, -0.15) is 0 Å². The number of piperidine rings is 2. The van der Waals surface area contributed by atoms with Crippen molar-refractivity contribution in [1.82, 2.24) is 9.80 Å². The third-order valence-corrected chi connectivity index (χ3v) is 5.74. The van der Waals surface area contributed by atoms with E-state index in [1.807, 2.05) is 0 Å². The van der Waals surface area contributed by atoms with Crippen molar-refractivity contribution >= 4 is 5.91 Å². The standard InChI is InChI=1S/C17H30N2O2/c20-16-9-6-7-14(16)15-8-2-5-12-19(15)13-17(21)18-10-3-1-4-11-18/h14-16,20H,1-13H2. The second-order valence-corrected chi connectivity index (χ2v) is 7.14. The predicted molar refractivity (Wildman–Crippen MR) is 83.0 cm³/mol. The van der Waals surface area contributed by atoms with Crippen molar-refractivity contribution in [2.45, 2.75) is 69.9 Å². The van der Waals surface area contributed by atoms with Crippen LogP contribution in [0.2, 0.25) is 0 Å². The van der Waals surface area contributed by atoms with Gasteiger partial charge in [0.25, 0.3) is 0 Å². The van der Waals surface area contributed by atoms with Crippen LogP contribution in [-0.4, -0.2) is 59.1 Å². The minimum absolute atomic E-state index is 0.138. The average Bonchev–Trinajstić information content (AvgIpc) is 2.95. The van der Waals surface area contributed by atoms with Crippen molar-refractivity contribution in [3.63, 3.8) is 0 Å². The molecule has 0 bridgehead atoms. The molecular formula is C17H30N2O2. The van der Waals surface area contributed by atoms with Crippen molar-refractivity contribution in [2.24, 2.45) is 5.92 Å². The number of carbonyl (C=O) groups is 1. The smallest absolute Gasteiger partial charge is 0.236 e. The number of nitrogens with zero attached hydrogens (tertiary/aromatic N) is 2. The molecule has 21 heavy (non-hydrogen) atoms. The van der Waals surface area contributed by atoms with E-state index >= 15 is 0 Å². The number of hydrogen-bond acceptors (Lipinski definition) is 3. The van der Waals surface area contributed by atoms with Gasteiger partial charge >= 0.3 is 0 Å². The van der Waals surface area contributed by atoms with Crippen LogP contribution in [-0.2, 0) is 4.79 Å². The topological polar surface area (TPSA) is 43.8 Å². The first-order valence-corrected chi connectivity index (χ1v) is 8.95. The van der Waals surface area contributed by atoms with Crippen molar-refractivity contribution in [3.8, 4) is 0 Å². The monoisotopic (exact) mass is 294 g/mol. The molecule has 0 spiro atoms. The second kappa shape index (κ2) is 7.10. The van der Waals surface area contributed by atoms with Gasteiger partial charge in [0.2, 0.25) is 5.91 Å². The Morgan fingerprint density at radius 2 is 1.67 bits per heavy atom. The molecule has 0 aromatic carbocycles. The molecule has 120 valence electrons. The normalized spacial score (nSPS) is 35.1. The molecule has 0 aromatic heterocycles. The van der Waals surface area contributed by atoms with Gasteiger partial charge in [-0.25, -0.2) is 0 Å². The molecule has 2 saturated heterocycles. The van der Waals surface area contributed by atoms with Gasteiger partial charge in [0, 0.05) is 25.0 Å². The zero-order valence-corrected chi connectivity index (χ0v) is 13.2. The Labute approximate surface area is 128 Å². The van der Waals surface area contributed by atoms with Crippen molar-refractivity contribution in [3.05, 3.63) is 0 Å². The van der Waals surface area contributed by atoms with Gasteiger partial charge in [0.05, 0.1) is 12.6 Å². The quantitative estimate of drug-likeness (QED) is 0.866. The average molecular weight is 294 g/mol. The van der Waals surface area contributed by atoms with Crippen LogP contribution in [0.3, 0.4) is 0 Å². The Hall–Kier alpha value is -0.610. The van der Waals surface area contributed by atoms with Crippen LogP contribution in [0, 0.1) is 5.92 Å². The van der Waals surface area contributed by atoms with E-state index in [9.17, 15) is 9.90 Å². The fourth-order valence-electron chi connectivity index (χ4n) is 4.53. The number of amides is 1. The Balaban J connectivity index is 1.59. The van der Waals surface area contributed by atoms with Crippen LogP contribution < -0.4 is 0 Å². The van der Waals surface area contributed by atoms with E-state index in [0.717, 1.165) is 58.2 Å². The molecule has 3 rings (SSSR count). The maximum Gasteiger partial charge on any atom is 0.236 e. The summed E-state index contributed by atoms with van der Waals surface area (Å²) in [5, 5.41) is 10.2. The summed E-state index contributed by atoms with van der Waals surface area (Å²) in [5.41, 5.74) is 0. The zero-order chi connectivity index (χ0) is 14.7. The van der Waals surface area contributed by atoms with Crippen molar-refractivity contribution in [1.29, 1.82) is 0 Å². The molecular weight excluding hydrogens is 264 g/mol. The minimum atomic E-state index is -0.138. The molecule has 3 unspecified atom stereocenters. The summed E-state index contributed by atoms with van der Waals surface area (Å²) < 4.78 is 0. The highest BCUT2D eigenvalue weighted by atomic mass is 16.3. The fourth-order valence-corrected chi connectivity index (χ4v) is 4.53. The maximum atomic E-state index is 12.5. The largest absolute Gasteiger partial charge is 0.393 e. The van der Waals surface area contributed by atoms with Crippen LogP contribution in [0.15, 0.2) is 0 Å². The molecule has 3 atom stereocenters. The molecule has 4 heteroatoms. The SMILES string of the molecule is O=C(CN1CCCCC1C1CCCC1O)N1CCCCC1. The summed E-state index contributed by atoms with van der Waals surface area (Å²) in [4.78, 5) is 17.0. The number of likely N-dealkylation sites (tertiary alicyclic amines) is 2. The van der Waals surface area contributed by atoms with Crippen molar-refractivity contribution in [2.75, 3.05) is 26.2 Å². The summed E-state index contributed by atoms with van der Waals surface area (Å²) in [7, 11) is 0. The van der Waals surface area contributed by atoms with Gasteiger partial charge in [-0.3, -0.25) is 9.69 Å². The molecule has 1 aliphatic carbocycles. The molecule has 2 aliphatic heterocycles. The van der Waals surface area contributed by atoms with Gasteiger partial charge in [-0.1, -0.05) is 12.8 Å². The first kappa shape index (κ1) is 15.3. The van der Waals surface area contributed by atoms with E-state index < -0.39 is 0 Å². The van der Waals surface area contributed by atoms with Crippen LogP contribution >= 0.6 is 0 Å². The van der Waals surface area contributed by atoms with E-state index in [0.29, 0.717) is 24.4 Å². The molecule has 1 saturated carbocycles. The van der Waals surface area contributed by atoms with Crippen molar-refractivity contribution < 1.29 is 9.90 Å². The molecule has 2 heterocycles. The van der Waals surface area contributed by atoms with Crippen LogP contribution in [0.4, 0.5) is 0 Å². The van der Waals surface area contributed by atoms with Crippen LogP contribution in [0.25, 0.3) is 0 Å².